The van der Waals surface area contributed by atoms with Crippen LogP contribution in [-0.4, -0.2) is 32.1 Å². The smallest absolute Gasteiger partial charge is 0.495 e. The number of anilines is 4. The number of nitrogens with two attached hydrogens (primary N) is 4. The van der Waals surface area contributed by atoms with Crippen LogP contribution in [0.4, 0.5) is 23.0 Å². The van der Waals surface area contributed by atoms with Gasteiger partial charge < -0.3 is 43.4 Å². The molecule has 38 heavy (non-hydrogen) atoms. The topological polar surface area (TPSA) is 319 Å². The molecule has 2 aromatic carbocycles. The zero-order chi connectivity index (χ0) is 28.8. The number of carbonyl (C=O) groups is 2. The number of carboxylic acids is 2. The summed E-state index contributed by atoms with van der Waals surface area (Å²) in [6, 6.07) is 10.5. The van der Waals surface area contributed by atoms with Gasteiger partial charge in [0.15, 0.2) is 11.6 Å². The summed E-state index contributed by atoms with van der Waals surface area (Å²) < 4.78 is 0. The van der Waals surface area contributed by atoms with Crippen LogP contribution in [0.2, 0.25) is 0 Å². The van der Waals surface area contributed by atoms with Crippen molar-refractivity contribution >= 4 is 34.9 Å². The minimum absolute atomic E-state index is 0.251. The van der Waals surface area contributed by atoms with Crippen LogP contribution in [0, 0.1) is 0 Å². The predicted molar refractivity (Wildman–Crippen MR) is 131 cm³/mol. The van der Waals surface area contributed by atoms with Crippen molar-refractivity contribution < 1.29 is 40.0 Å². The predicted octanol–water partition coefficient (Wildman–Crippen LogP) is -2.38. The van der Waals surface area contributed by atoms with Gasteiger partial charge in [0.2, 0.25) is 0 Å². The van der Waals surface area contributed by atoms with E-state index in [1.165, 1.54) is 36.7 Å². The van der Waals surface area contributed by atoms with Crippen LogP contribution in [0.3, 0.4) is 0 Å². The summed E-state index contributed by atoms with van der Waals surface area (Å²) in [5.74, 6) is -2.83. The van der Waals surface area contributed by atoms with E-state index in [4.69, 9.17) is 33.1 Å². The van der Waals surface area contributed by atoms with Gasteiger partial charge in [-0.15, -0.1) is 0 Å². The van der Waals surface area contributed by atoms with E-state index in [0.29, 0.717) is 11.6 Å². The number of nitrogen functional groups attached to an aromatic ring is 4. The molecule has 0 aliphatic rings. The highest BCUT2D eigenvalue weighted by atomic mass is 16.4. The molecule has 0 unspecified atom stereocenters. The van der Waals surface area contributed by atoms with E-state index in [9.17, 15) is 29.4 Å². The van der Waals surface area contributed by atoms with Crippen molar-refractivity contribution in [3.05, 3.63) is 93.0 Å². The molecule has 0 radical (unpaired) electrons. The molecule has 0 amide bonds. The van der Waals surface area contributed by atoms with Crippen molar-refractivity contribution in [3.63, 3.8) is 0 Å². The van der Waals surface area contributed by atoms with E-state index in [0.717, 1.165) is 12.1 Å². The Bertz CT molecular complexity index is 1390. The first-order chi connectivity index (χ1) is 17.8. The van der Waals surface area contributed by atoms with Gasteiger partial charge in [-0.25, -0.2) is 19.6 Å². The van der Waals surface area contributed by atoms with Crippen LogP contribution < -0.4 is 54.5 Å². The first kappa shape index (κ1) is 30.0. The molecule has 0 atom stereocenters. The molecule has 16 nitrogen and oxygen atoms in total. The highest BCUT2D eigenvalue weighted by molar-refractivity contribution is 5.91. The highest BCUT2D eigenvalue weighted by Crippen LogP contribution is 2.17. The van der Waals surface area contributed by atoms with Gasteiger partial charge in [-0.1, -0.05) is 11.5 Å². The molecule has 0 aliphatic carbocycles. The fraction of sp³-hybridized carbons (Fsp3) is 0. The molecule has 0 bridgehead atoms. The van der Waals surface area contributed by atoms with Gasteiger partial charge in [0.1, 0.15) is 0 Å². The maximum atomic E-state index is 10.8. The number of benzene rings is 2. The lowest BCUT2D eigenvalue weighted by molar-refractivity contribution is -0.402. The van der Waals surface area contributed by atoms with Crippen LogP contribution in [0.1, 0.15) is 20.7 Å². The molecule has 0 fully saturated rings. The molecule has 16 heteroatoms. The molecule has 0 aliphatic heterocycles. The van der Waals surface area contributed by atoms with E-state index >= 15 is 0 Å². The largest absolute Gasteiger partial charge is 0.872 e. The molecule has 0 spiro atoms. The van der Waals surface area contributed by atoms with Crippen LogP contribution in [0.25, 0.3) is 0 Å². The van der Waals surface area contributed by atoms with E-state index < -0.39 is 23.4 Å². The van der Waals surface area contributed by atoms with Crippen molar-refractivity contribution in [1.82, 2.24) is 9.97 Å². The van der Waals surface area contributed by atoms with Gasteiger partial charge in [-0.05, 0) is 36.4 Å². The number of nitrogens with one attached hydrogen (secondary N) is 4. The third-order valence-electron chi connectivity index (χ3n) is 3.94. The SMILES string of the molecule is Nc1cc[nH+]c(=O)[nH]1.Nc1cc[nH+]c(=O)[nH]1.Nc1ccc(C(=O)O)c([O-])c1.Nc1ccc(C(=O)O)c([O-])c1. The van der Waals surface area contributed by atoms with Crippen LogP contribution >= 0.6 is 0 Å². The summed E-state index contributed by atoms with van der Waals surface area (Å²) >= 11 is 0. The maximum Gasteiger partial charge on any atom is 0.495 e. The Hall–Kier alpha value is -6.06. The Labute approximate surface area is 212 Å². The molecule has 2 heterocycles. The van der Waals surface area contributed by atoms with Crippen LogP contribution in [0.15, 0.2) is 70.5 Å². The Morgan fingerprint density at radius 3 is 1.21 bits per heavy atom. The molecule has 4 rings (SSSR count). The summed E-state index contributed by atoms with van der Waals surface area (Å²) in [6.45, 7) is 0. The first-order valence-electron chi connectivity index (χ1n) is 10.1. The van der Waals surface area contributed by atoms with Gasteiger partial charge in [0.25, 0.3) is 0 Å². The van der Waals surface area contributed by atoms with Gasteiger partial charge >= 0.3 is 23.3 Å². The van der Waals surface area contributed by atoms with Crippen molar-refractivity contribution in [3.8, 4) is 11.5 Å². The van der Waals surface area contributed by atoms with E-state index in [1.54, 1.807) is 12.1 Å². The number of carboxylic acid groups (broad SMARTS) is 2. The van der Waals surface area contributed by atoms with Gasteiger partial charge in [-0.2, -0.15) is 19.6 Å². The van der Waals surface area contributed by atoms with Crippen LogP contribution in [0.5, 0.6) is 11.5 Å². The fourth-order valence-corrected chi connectivity index (χ4v) is 2.26. The van der Waals surface area contributed by atoms with E-state index in [2.05, 4.69) is 19.9 Å². The van der Waals surface area contributed by atoms with Gasteiger partial charge in [-0.3, -0.25) is 0 Å². The third kappa shape index (κ3) is 10.9. The molecule has 0 saturated carbocycles. The molecule has 200 valence electrons. The van der Waals surface area contributed by atoms with E-state index in [-0.39, 0.29) is 33.9 Å². The van der Waals surface area contributed by atoms with Crippen molar-refractivity contribution in [2.24, 2.45) is 0 Å². The van der Waals surface area contributed by atoms with Crippen molar-refractivity contribution in [1.29, 1.82) is 0 Å². The molecule has 0 saturated heterocycles. The Balaban J connectivity index is 0.000000256. The quantitative estimate of drug-likeness (QED) is 0.126. The second kappa shape index (κ2) is 14.4. The Kier molecular flexibility index (Phi) is 11.3. The molecule has 14 N–H and O–H groups in total. The number of rotatable bonds is 2. The van der Waals surface area contributed by atoms with Crippen molar-refractivity contribution in [2.45, 2.75) is 0 Å². The lowest BCUT2D eigenvalue weighted by atomic mass is 10.2. The van der Waals surface area contributed by atoms with Gasteiger partial charge in [0, 0.05) is 23.5 Å². The average Bonchev–Trinajstić information content (AvgIpc) is 2.79. The lowest BCUT2D eigenvalue weighted by Gasteiger charge is -2.09. The zero-order valence-corrected chi connectivity index (χ0v) is 19.4. The number of aromatic amines is 4. The standard InChI is InChI=1S/2C7H7NO3.2C4H5N3O/c2*8-4-1-2-5(7(10)11)6(9)3-4;2*5-3-1-2-6-4(8)7-3/h2*1-3,9H,8H2,(H,10,11);2*1-2H,(H3,5,6,7,8). The third-order valence-corrected chi connectivity index (χ3v) is 3.94. The summed E-state index contributed by atoms with van der Waals surface area (Å²) in [4.78, 5) is 50.6. The number of hydrogen-bond acceptors (Lipinski definition) is 10. The second-order valence-corrected chi connectivity index (χ2v) is 6.90. The molecular formula is C22H24N8O8. The normalized spacial score (nSPS) is 9.26. The Morgan fingerprint density at radius 1 is 0.658 bits per heavy atom. The average molecular weight is 528 g/mol. The monoisotopic (exact) mass is 528 g/mol. The number of hydrogen-bond donors (Lipinski definition) is 8. The molecule has 2 aromatic heterocycles. The first-order valence-corrected chi connectivity index (χ1v) is 10.1. The lowest BCUT2D eigenvalue weighted by Crippen LogP contribution is -2.28. The number of aromatic nitrogens is 4. The number of aromatic carboxylic acids is 2. The minimum atomic E-state index is -1.23. The molecule has 4 aromatic rings. The minimum Gasteiger partial charge on any atom is -0.872 e. The summed E-state index contributed by atoms with van der Waals surface area (Å²) in [5, 5.41) is 38.5. The Morgan fingerprint density at radius 2 is 1.00 bits per heavy atom. The second-order valence-electron chi connectivity index (χ2n) is 6.90. The van der Waals surface area contributed by atoms with Crippen molar-refractivity contribution in [2.75, 3.05) is 22.9 Å². The summed E-state index contributed by atoms with van der Waals surface area (Å²) in [5.41, 5.74) is 20.3. The molecular weight excluding hydrogens is 504 g/mol. The number of H-pyrrole nitrogens is 4. The van der Waals surface area contributed by atoms with Crippen LogP contribution in [-0.2, 0) is 0 Å². The van der Waals surface area contributed by atoms with Gasteiger partial charge in [0.05, 0.1) is 23.5 Å². The highest BCUT2D eigenvalue weighted by Gasteiger charge is 2.02. The fourth-order valence-electron chi connectivity index (χ4n) is 2.26. The summed E-state index contributed by atoms with van der Waals surface area (Å²) in [6.07, 6.45) is 2.96. The van der Waals surface area contributed by atoms with E-state index in [1.807, 2.05) is 0 Å². The summed E-state index contributed by atoms with van der Waals surface area (Å²) in [7, 11) is 0. The zero-order valence-electron chi connectivity index (χ0n) is 19.4. The maximum absolute atomic E-state index is 10.8.